The van der Waals surface area contributed by atoms with Crippen LogP contribution in [0.3, 0.4) is 0 Å². The number of piperazine rings is 1. The van der Waals surface area contributed by atoms with Gasteiger partial charge in [0, 0.05) is 45.3 Å². The summed E-state index contributed by atoms with van der Waals surface area (Å²) in [6.07, 6.45) is -0.00911. The van der Waals surface area contributed by atoms with Gasteiger partial charge in [-0.05, 0) is 13.8 Å². The smallest absolute Gasteiger partial charge is 0.215 e. The van der Waals surface area contributed by atoms with Gasteiger partial charge >= 0.3 is 0 Å². The van der Waals surface area contributed by atoms with Crippen molar-refractivity contribution in [3.63, 3.8) is 0 Å². The Labute approximate surface area is 116 Å². The average molecular weight is 291 g/mol. The van der Waals surface area contributed by atoms with Crippen LogP contribution >= 0.6 is 0 Å². The molecule has 0 aliphatic carbocycles. The molecule has 2 heterocycles. The van der Waals surface area contributed by atoms with Gasteiger partial charge < -0.3 is 10.1 Å². The predicted molar refractivity (Wildman–Crippen MR) is 74.7 cm³/mol. The second-order valence-electron chi connectivity index (χ2n) is 5.47. The van der Waals surface area contributed by atoms with Gasteiger partial charge in [0.15, 0.2) is 0 Å². The first-order valence-electron chi connectivity index (χ1n) is 7.03. The Bertz CT molecular complexity index is 382. The van der Waals surface area contributed by atoms with E-state index in [0.717, 1.165) is 26.2 Å². The number of hydrogen-bond acceptors (Lipinski definition) is 5. The third-order valence-electron chi connectivity index (χ3n) is 3.78. The van der Waals surface area contributed by atoms with Crippen molar-refractivity contribution in [3.05, 3.63) is 0 Å². The summed E-state index contributed by atoms with van der Waals surface area (Å²) in [5.74, 6) is 0.212. The van der Waals surface area contributed by atoms with Gasteiger partial charge in [0.25, 0.3) is 0 Å². The minimum absolute atomic E-state index is 0.00911. The SMILES string of the molecule is CC1CN(S(=O)(=O)CCN2CCNCC2)C(C)CO1. The fourth-order valence-electron chi connectivity index (χ4n) is 2.56. The van der Waals surface area contributed by atoms with Gasteiger partial charge in [-0.1, -0.05) is 0 Å². The van der Waals surface area contributed by atoms with Crippen molar-refractivity contribution in [3.8, 4) is 0 Å². The predicted octanol–water partition coefficient (Wildman–Crippen LogP) is -0.669. The molecule has 0 saturated carbocycles. The Morgan fingerprint density at radius 1 is 1.26 bits per heavy atom. The second-order valence-corrected chi connectivity index (χ2v) is 7.51. The van der Waals surface area contributed by atoms with Gasteiger partial charge in [0.05, 0.1) is 18.5 Å². The van der Waals surface area contributed by atoms with E-state index < -0.39 is 10.0 Å². The first-order chi connectivity index (χ1) is 8.99. The standard InChI is InChI=1S/C12H25N3O3S/c1-11-10-18-12(2)9-15(11)19(16,17)8-7-14-5-3-13-4-6-14/h11-13H,3-10H2,1-2H3. The molecule has 2 saturated heterocycles. The molecule has 0 radical (unpaired) electrons. The normalized spacial score (nSPS) is 31.5. The highest BCUT2D eigenvalue weighted by Gasteiger charge is 2.32. The maximum Gasteiger partial charge on any atom is 0.215 e. The molecule has 6 nitrogen and oxygen atoms in total. The number of nitrogens with zero attached hydrogens (tertiary/aromatic N) is 2. The van der Waals surface area contributed by atoms with Crippen LogP contribution in [-0.2, 0) is 14.8 Å². The molecule has 2 unspecified atom stereocenters. The van der Waals surface area contributed by atoms with Crippen LogP contribution in [0.5, 0.6) is 0 Å². The maximum absolute atomic E-state index is 12.4. The first kappa shape index (κ1) is 15.2. The summed E-state index contributed by atoms with van der Waals surface area (Å²) in [6, 6.07) is -0.0516. The third kappa shape index (κ3) is 4.13. The molecule has 2 aliphatic heterocycles. The Morgan fingerprint density at radius 2 is 1.95 bits per heavy atom. The molecule has 0 aromatic heterocycles. The van der Waals surface area contributed by atoms with Gasteiger partial charge in [-0.3, -0.25) is 4.90 Å². The van der Waals surface area contributed by atoms with E-state index in [1.807, 2.05) is 13.8 Å². The number of morpholine rings is 1. The average Bonchev–Trinajstić information content (AvgIpc) is 2.40. The van der Waals surface area contributed by atoms with E-state index in [1.54, 1.807) is 4.31 Å². The molecule has 2 fully saturated rings. The lowest BCUT2D eigenvalue weighted by Crippen LogP contribution is -2.52. The zero-order chi connectivity index (χ0) is 13.9. The van der Waals surface area contributed by atoms with Crippen molar-refractivity contribution in [1.82, 2.24) is 14.5 Å². The number of hydrogen-bond donors (Lipinski definition) is 1. The highest BCUT2D eigenvalue weighted by Crippen LogP contribution is 2.16. The van der Waals surface area contributed by atoms with E-state index in [0.29, 0.717) is 19.7 Å². The van der Waals surface area contributed by atoms with E-state index in [9.17, 15) is 8.42 Å². The number of nitrogens with one attached hydrogen (secondary N) is 1. The largest absolute Gasteiger partial charge is 0.375 e. The molecule has 0 amide bonds. The third-order valence-corrected chi connectivity index (χ3v) is 5.71. The van der Waals surface area contributed by atoms with Crippen LogP contribution < -0.4 is 5.32 Å². The summed E-state index contributed by atoms with van der Waals surface area (Å²) in [5, 5.41) is 3.27. The van der Waals surface area contributed by atoms with Crippen LogP contribution in [0.2, 0.25) is 0 Å². The molecule has 0 aromatic carbocycles. The van der Waals surface area contributed by atoms with Crippen molar-refractivity contribution in [2.45, 2.75) is 26.0 Å². The molecule has 2 atom stereocenters. The molecule has 7 heteroatoms. The number of rotatable bonds is 4. The van der Waals surface area contributed by atoms with Gasteiger partial charge in [-0.2, -0.15) is 4.31 Å². The fourth-order valence-corrected chi connectivity index (χ4v) is 4.33. The van der Waals surface area contributed by atoms with Gasteiger partial charge in [-0.25, -0.2) is 8.42 Å². The molecule has 0 aromatic rings. The summed E-state index contributed by atoms with van der Waals surface area (Å²) in [4.78, 5) is 2.21. The van der Waals surface area contributed by atoms with Gasteiger partial charge in [0.1, 0.15) is 0 Å². The summed E-state index contributed by atoms with van der Waals surface area (Å²) < 4.78 is 31.9. The van der Waals surface area contributed by atoms with Crippen LogP contribution in [0, 0.1) is 0 Å². The monoisotopic (exact) mass is 291 g/mol. The summed E-state index contributed by atoms with van der Waals surface area (Å²) >= 11 is 0. The van der Waals surface area contributed by atoms with E-state index in [2.05, 4.69) is 10.2 Å². The van der Waals surface area contributed by atoms with E-state index >= 15 is 0 Å². The highest BCUT2D eigenvalue weighted by molar-refractivity contribution is 7.89. The molecule has 19 heavy (non-hydrogen) atoms. The van der Waals surface area contributed by atoms with Crippen LogP contribution in [0.25, 0.3) is 0 Å². The Balaban J connectivity index is 1.89. The molecular formula is C12H25N3O3S. The van der Waals surface area contributed by atoms with Crippen molar-refractivity contribution < 1.29 is 13.2 Å². The Hall–Kier alpha value is -0.210. The van der Waals surface area contributed by atoms with Gasteiger partial charge in [0.2, 0.25) is 10.0 Å². The molecular weight excluding hydrogens is 266 g/mol. The lowest BCUT2D eigenvalue weighted by molar-refractivity contribution is -0.0171. The maximum atomic E-state index is 12.4. The molecule has 112 valence electrons. The topological polar surface area (TPSA) is 61.9 Å². The molecule has 0 bridgehead atoms. The number of sulfonamides is 1. The number of ether oxygens (including phenoxy) is 1. The summed E-state index contributed by atoms with van der Waals surface area (Å²) in [7, 11) is -3.17. The zero-order valence-corrected chi connectivity index (χ0v) is 12.7. The summed E-state index contributed by atoms with van der Waals surface area (Å²) in [5.41, 5.74) is 0. The van der Waals surface area contributed by atoms with Crippen LogP contribution in [0.15, 0.2) is 0 Å². The Morgan fingerprint density at radius 3 is 2.63 bits per heavy atom. The molecule has 1 N–H and O–H groups in total. The fraction of sp³-hybridized carbons (Fsp3) is 1.00. The molecule has 2 rings (SSSR count). The van der Waals surface area contributed by atoms with Crippen LogP contribution in [0.4, 0.5) is 0 Å². The minimum atomic E-state index is -3.17. The quantitative estimate of drug-likeness (QED) is 0.744. The van der Waals surface area contributed by atoms with Crippen LogP contribution in [0.1, 0.15) is 13.8 Å². The Kier molecular flexibility index (Phi) is 5.19. The first-order valence-corrected chi connectivity index (χ1v) is 8.64. The zero-order valence-electron chi connectivity index (χ0n) is 11.8. The van der Waals surface area contributed by atoms with E-state index in [4.69, 9.17) is 4.74 Å². The van der Waals surface area contributed by atoms with E-state index in [-0.39, 0.29) is 17.9 Å². The summed E-state index contributed by atoms with van der Waals surface area (Å²) in [6.45, 7) is 9.20. The lowest BCUT2D eigenvalue weighted by atomic mass is 10.2. The lowest BCUT2D eigenvalue weighted by Gasteiger charge is -2.36. The van der Waals surface area contributed by atoms with E-state index in [1.165, 1.54) is 0 Å². The van der Waals surface area contributed by atoms with Crippen molar-refractivity contribution in [2.75, 3.05) is 51.6 Å². The second kappa shape index (κ2) is 6.49. The van der Waals surface area contributed by atoms with Crippen molar-refractivity contribution >= 4 is 10.0 Å². The van der Waals surface area contributed by atoms with Crippen LogP contribution in [-0.4, -0.2) is 81.4 Å². The van der Waals surface area contributed by atoms with Gasteiger partial charge in [-0.15, -0.1) is 0 Å². The van der Waals surface area contributed by atoms with Crippen molar-refractivity contribution in [1.29, 1.82) is 0 Å². The minimum Gasteiger partial charge on any atom is -0.375 e. The highest BCUT2D eigenvalue weighted by atomic mass is 32.2. The molecule has 2 aliphatic rings. The molecule has 0 spiro atoms. The van der Waals surface area contributed by atoms with Crippen molar-refractivity contribution in [2.24, 2.45) is 0 Å².